The molecule has 2 N–H and O–H groups in total. The van der Waals surface area contributed by atoms with Gasteiger partial charge in [0.25, 0.3) is 0 Å². The second kappa shape index (κ2) is 7.55. The van der Waals surface area contributed by atoms with Crippen molar-refractivity contribution < 1.29 is 4.79 Å². The van der Waals surface area contributed by atoms with Gasteiger partial charge in [0.15, 0.2) is 5.96 Å². The molecule has 3 rings (SSSR count). The number of amides is 1. The minimum atomic E-state index is 0.156. The van der Waals surface area contributed by atoms with E-state index < -0.39 is 0 Å². The van der Waals surface area contributed by atoms with Gasteiger partial charge in [-0.2, -0.15) is 0 Å². The van der Waals surface area contributed by atoms with E-state index in [2.05, 4.69) is 39.7 Å². The van der Waals surface area contributed by atoms with Crippen molar-refractivity contribution in [1.29, 1.82) is 0 Å². The highest BCUT2D eigenvalue weighted by Crippen LogP contribution is 2.10. The number of pyridine rings is 1. The number of guanidine groups is 1. The molecule has 25 heavy (non-hydrogen) atoms. The van der Waals surface area contributed by atoms with Gasteiger partial charge in [-0.3, -0.25) is 9.79 Å². The molecule has 1 amide bonds. The van der Waals surface area contributed by atoms with Crippen LogP contribution in [0.1, 0.15) is 31.0 Å². The van der Waals surface area contributed by atoms with E-state index in [0.717, 1.165) is 43.2 Å². The first-order valence-electron chi connectivity index (χ1n) is 8.72. The van der Waals surface area contributed by atoms with E-state index in [1.54, 1.807) is 14.0 Å². The Hall–Kier alpha value is -2.57. The van der Waals surface area contributed by atoms with E-state index in [1.165, 1.54) is 5.56 Å². The van der Waals surface area contributed by atoms with Crippen LogP contribution in [0.5, 0.6) is 0 Å². The van der Waals surface area contributed by atoms with E-state index in [-0.39, 0.29) is 5.91 Å². The maximum Gasteiger partial charge on any atom is 0.219 e. The average Bonchev–Trinajstić information content (AvgIpc) is 3.00. The van der Waals surface area contributed by atoms with Gasteiger partial charge in [-0.15, -0.1) is 0 Å². The lowest BCUT2D eigenvalue weighted by Crippen LogP contribution is -2.49. The number of likely N-dealkylation sites (tertiary alicyclic amines) is 1. The van der Waals surface area contributed by atoms with Gasteiger partial charge in [0.1, 0.15) is 5.65 Å². The molecule has 7 heteroatoms. The number of carbonyl (C=O) groups is 1. The molecule has 1 aliphatic heterocycles. The number of carbonyl (C=O) groups excluding carboxylic acids is 1. The Labute approximate surface area is 148 Å². The fourth-order valence-electron chi connectivity index (χ4n) is 3.12. The smallest absolute Gasteiger partial charge is 0.219 e. The second-order valence-electron chi connectivity index (χ2n) is 6.55. The van der Waals surface area contributed by atoms with Crippen LogP contribution in [0.3, 0.4) is 0 Å². The van der Waals surface area contributed by atoms with E-state index in [9.17, 15) is 4.79 Å². The average molecular weight is 342 g/mol. The van der Waals surface area contributed by atoms with Crippen LogP contribution in [0.2, 0.25) is 0 Å². The van der Waals surface area contributed by atoms with Gasteiger partial charge in [-0.05, 0) is 37.5 Å². The number of nitrogens with zero attached hydrogens (tertiary/aromatic N) is 4. The van der Waals surface area contributed by atoms with Gasteiger partial charge in [-0.25, -0.2) is 4.98 Å². The van der Waals surface area contributed by atoms with E-state index >= 15 is 0 Å². The molecule has 134 valence electrons. The predicted octanol–water partition coefficient (Wildman–Crippen LogP) is 1.32. The summed E-state index contributed by atoms with van der Waals surface area (Å²) in [4.78, 5) is 22.2. The summed E-state index contributed by atoms with van der Waals surface area (Å²) in [6.45, 7) is 5.92. The lowest BCUT2D eigenvalue weighted by atomic mass is 10.1. The minimum absolute atomic E-state index is 0.156. The molecule has 0 bridgehead atoms. The molecule has 2 aromatic rings. The molecule has 0 saturated carbocycles. The largest absolute Gasteiger partial charge is 0.354 e. The molecule has 0 atom stereocenters. The summed E-state index contributed by atoms with van der Waals surface area (Å²) in [5.74, 6) is 0.928. The van der Waals surface area contributed by atoms with Crippen LogP contribution >= 0.6 is 0 Å². The van der Waals surface area contributed by atoms with Crippen molar-refractivity contribution >= 4 is 17.5 Å². The molecule has 7 nitrogen and oxygen atoms in total. The van der Waals surface area contributed by atoms with Crippen molar-refractivity contribution in [3.63, 3.8) is 0 Å². The first kappa shape index (κ1) is 17.3. The molecule has 0 unspecified atom stereocenters. The van der Waals surface area contributed by atoms with Gasteiger partial charge in [0.2, 0.25) is 5.91 Å². The van der Waals surface area contributed by atoms with Crippen LogP contribution in [0.25, 0.3) is 5.65 Å². The highest BCUT2D eigenvalue weighted by atomic mass is 16.2. The zero-order valence-corrected chi connectivity index (χ0v) is 15.1. The van der Waals surface area contributed by atoms with Crippen molar-refractivity contribution in [1.82, 2.24) is 24.9 Å². The van der Waals surface area contributed by atoms with Crippen molar-refractivity contribution in [3.05, 3.63) is 35.8 Å². The summed E-state index contributed by atoms with van der Waals surface area (Å²) in [7, 11) is 1.77. The van der Waals surface area contributed by atoms with E-state index in [1.807, 2.05) is 21.7 Å². The van der Waals surface area contributed by atoms with Gasteiger partial charge >= 0.3 is 0 Å². The lowest BCUT2D eigenvalue weighted by molar-refractivity contribution is -0.129. The Balaban J connectivity index is 1.53. The van der Waals surface area contributed by atoms with Crippen LogP contribution in [0.4, 0.5) is 0 Å². The highest BCUT2D eigenvalue weighted by Gasteiger charge is 2.21. The number of nitrogens with one attached hydrogen (secondary N) is 2. The molecule has 0 radical (unpaired) electrons. The Morgan fingerprint density at radius 1 is 1.40 bits per heavy atom. The number of imidazole rings is 1. The number of aryl methyl sites for hydroxylation is 1. The minimum Gasteiger partial charge on any atom is -0.354 e. The molecular formula is C18H26N6O. The van der Waals surface area contributed by atoms with E-state index in [0.29, 0.717) is 12.6 Å². The van der Waals surface area contributed by atoms with Crippen LogP contribution in [0, 0.1) is 6.92 Å². The zero-order chi connectivity index (χ0) is 17.8. The number of hydrogen-bond donors (Lipinski definition) is 2. The van der Waals surface area contributed by atoms with Gasteiger partial charge in [0, 0.05) is 45.5 Å². The maximum atomic E-state index is 11.4. The SMILES string of the molecule is CN=C(NCc1cn2ccc(C)cc2n1)NC1CCN(C(C)=O)CC1. The molecule has 1 saturated heterocycles. The summed E-state index contributed by atoms with van der Waals surface area (Å²) in [6, 6.07) is 4.48. The van der Waals surface area contributed by atoms with E-state index in [4.69, 9.17) is 0 Å². The normalized spacial score (nSPS) is 16.3. The Morgan fingerprint density at radius 2 is 2.16 bits per heavy atom. The van der Waals surface area contributed by atoms with Crippen LogP contribution in [0.15, 0.2) is 29.5 Å². The number of fused-ring (bicyclic) bond motifs is 1. The monoisotopic (exact) mass is 342 g/mol. The fourth-order valence-corrected chi connectivity index (χ4v) is 3.12. The van der Waals surface area contributed by atoms with Crippen LogP contribution in [-0.4, -0.2) is 52.3 Å². The van der Waals surface area contributed by atoms with Crippen molar-refractivity contribution in [3.8, 4) is 0 Å². The zero-order valence-electron chi connectivity index (χ0n) is 15.1. The Morgan fingerprint density at radius 3 is 2.84 bits per heavy atom. The summed E-state index contributed by atoms with van der Waals surface area (Å²) in [5.41, 5.74) is 3.13. The maximum absolute atomic E-state index is 11.4. The summed E-state index contributed by atoms with van der Waals surface area (Å²) >= 11 is 0. The predicted molar refractivity (Wildman–Crippen MR) is 98.5 cm³/mol. The highest BCUT2D eigenvalue weighted by molar-refractivity contribution is 5.80. The molecular weight excluding hydrogens is 316 g/mol. The molecule has 0 aromatic carbocycles. The molecule has 1 fully saturated rings. The molecule has 2 aromatic heterocycles. The van der Waals surface area contributed by atoms with Crippen LogP contribution in [-0.2, 0) is 11.3 Å². The van der Waals surface area contributed by atoms with Crippen molar-refractivity contribution in [2.75, 3.05) is 20.1 Å². The molecule has 0 spiro atoms. The number of hydrogen-bond acceptors (Lipinski definition) is 3. The third kappa shape index (κ3) is 4.29. The molecule has 3 heterocycles. The Kier molecular flexibility index (Phi) is 5.21. The summed E-state index contributed by atoms with van der Waals surface area (Å²) in [6.07, 6.45) is 5.93. The first-order chi connectivity index (χ1) is 12.0. The van der Waals surface area contributed by atoms with Crippen LogP contribution < -0.4 is 10.6 Å². The van der Waals surface area contributed by atoms with Gasteiger partial charge in [0.05, 0.1) is 12.2 Å². The molecule has 0 aliphatic carbocycles. The number of aliphatic imine (C=N–C) groups is 1. The third-order valence-electron chi connectivity index (χ3n) is 4.61. The summed E-state index contributed by atoms with van der Waals surface area (Å²) in [5, 5.41) is 6.77. The Bertz CT molecular complexity index is 773. The third-order valence-corrected chi connectivity index (χ3v) is 4.61. The van der Waals surface area contributed by atoms with Gasteiger partial charge in [-0.1, -0.05) is 0 Å². The first-order valence-corrected chi connectivity index (χ1v) is 8.72. The number of rotatable bonds is 3. The fraction of sp³-hybridized carbons (Fsp3) is 0.500. The standard InChI is InChI=1S/C18H26N6O/c1-13-4-7-24-12-16(21-17(24)10-13)11-20-18(19-3)22-15-5-8-23(9-6-15)14(2)25/h4,7,10,12,15H,5-6,8-9,11H2,1-3H3,(H2,19,20,22). The topological polar surface area (TPSA) is 74.0 Å². The van der Waals surface area contributed by atoms with Crippen molar-refractivity contribution in [2.24, 2.45) is 4.99 Å². The molecule has 1 aliphatic rings. The lowest BCUT2D eigenvalue weighted by Gasteiger charge is -2.32. The van der Waals surface area contributed by atoms with Crippen molar-refractivity contribution in [2.45, 2.75) is 39.3 Å². The number of aromatic nitrogens is 2. The quantitative estimate of drug-likeness (QED) is 0.652. The summed E-state index contributed by atoms with van der Waals surface area (Å²) < 4.78 is 2.03. The second-order valence-corrected chi connectivity index (χ2v) is 6.55. The van der Waals surface area contributed by atoms with Gasteiger partial charge < -0.3 is 19.9 Å². The number of piperidine rings is 1.